The molecule has 0 spiro atoms. The lowest BCUT2D eigenvalue weighted by Gasteiger charge is -2.47. The Kier molecular flexibility index (Phi) is 6.53. The maximum absolute atomic E-state index is 13.4. The predicted octanol–water partition coefficient (Wildman–Crippen LogP) is 6.18. The normalized spacial score (nSPS) is 20.9. The van der Waals surface area contributed by atoms with Crippen LogP contribution in [0, 0.1) is 13.8 Å². The molecular weight excluding hydrogens is 380 g/mol. The summed E-state index contributed by atoms with van der Waals surface area (Å²) >= 11 is 0. The fourth-order valence-corrected chi connectivity index (χ4v) is 5.21. The van der Waals surface area contributed by atoms with Crippen LogP contribution in [0.3, 0.4) is 0 Å². The maximum Gasteiger partial charge on any atom is 0.279 e. The van der Waals surface area contributed by atoms with Crippen molar-refractivity contribution >= 4 is 11.6 Å². The molecule has 3 aromatic carbocycles. The molecule has 0 bridgehead atoms. The van der Waals surface area contributed by atoms with Gasteiger partial charge in [-0.05, 0) is 37.8 Å². The molecule has 2 atom stereocenters. The van der Waals surface area contributed by atoms with Crippen LogP contribution in [0.2, 0.25) is 0 Å². The third-order valence-electron chi connectivity index (χ3n) is 6.72. The summed E-state index contributed by atoms with van der Waals surface area (Å²) in [6, 6.07) is 27.9. The van der Waals surface area contributed by atoms with E-state index < -0.39 is 0 Å². The van der Waals surface area contributed by atoms with Crippen molar-refractivity contribution in [2.45, 2.75) is 45.7 Å². The Morgan fingerprint density at radius 3 is 2.19 bits per heavy atom. The van der Waals surface area contributed by atoms with Gasteiger partial charge in [0.15, 0.2) is 6.54 Å². The lowest BCUT2D eigenvalue weighted by Crippen LogP contribution is -2.56. The fraction of sp³-hybridized carbons (Fsp3) is 0.321. The molecule has 1 fully saturated rings. The van der Waals surface area contributed by atoms with Crippen molar-refractivity contribution in [3.8, 4) is 0 Å². The van der Waals surface area contributed by atoms with Gasteiger partial charge in [0.1, 0.15) is 12.6 Å². The zero-order valence-corrected chi connectivity index (χ0v) is 18.7. The van der Waals surface area contributed by atoms with Crippen molar-refractivity contribution in [1.82, 2.24) is 0 Å². The summed E-state index contributed by atoms with van der Waals surface area (Å²) in [7, 11) is 0. The van der Waals surface area contributed by atoms with E-state index in [-0.39, 0.29) is 5.91 Å². The van der Waals surface area contributed by atoms with Crippen LogP contribution in [-0.2, 0) is 11.3 Å². The molecule has 0 aromatic heterocycles. The van der Waals surface area contributed by atoms with Crippen LogP contribution >= 0.6 is 0 Å². The first-order valence-electron chi connectivity index (χ1n) is 11.4. The lowest BCUT2D eigenvalue weighted by atomic mass is 9.91. The summed E-state index contributed by atoms with van der Waals surface area (Å²) in [6.45, 7) is 6.51. The SMILES string of the molecule is Cc1cccc(C)c1NC(=O)C[N+]1(Cc2ccccc2)CCCCC1c1ccccc1. The third-order valence-corrected chi connectivity index (χ3v) is 6.72. The molecule has 3 aromatic rings. The minimum absolute atomic E-state index is 0.108. The van der Waals surface area contributed by atoms with Gasteiger partial charge in [-0.2, -0.15) is 0 Å². The number of nitrogens with zero attached hydrogens (tertiary/aromatic N) is 1. The second-order valence-electron chi connectivity index (χ2n) is 8.98. The smallest absolute Gasteiger partial charge is 0.279 e. The van der Waals surface area contributed by atoms with Crippen molar-refractivity contribution in [3.63, 3.8) is 0 Å². The van der Waals surface area contributed by atoms with Crippen LogP contribution in [0.1, 0.15) is 47.6 Å². The number of piperidine rings is 1. The highest BCUT2D eigenvalue weighted by Crippen LogP contribution is 2.39. The van der Waals surface area contributed by atoms with Crippen molar-refractivity contribution in [3.05, 3.63) is 101 Å². The molecule has 2 unspecified atom stereocenters. The molecule has 160 valence electrons. The molecule has 1 saturated heterocycles. The topological polar surface area (TPSA) is 29.1 Å². The minimum Gasteiger partial charge on any atom is -0.321 e. The third kappa shape index (κ3) is 4.88. The Labute approximate surface area is 186 Å². The Hall–Kier alpha value is -2.91. The Bertz CT molecular complexity index is 995. The van der Waals surface area contributed by atoms with Crippen molar-refractivity contribution in [2.75, 3.05) is 18.4 Å². The van der Waals surface area contributed by atoms with Gasteiger partial charge in [-0.15, -0.1) is 0 Å². The average Bonchev–Trinajstić information content (AvgIpc) is 2.78. The molecule has 0 radical (unpaired) electrons. The number of quaternary nitrogens is 1. The zero-order valence-electron chi connectivity index (χ0n) is 18.7. The van der Waals surface area contributed by atoms with E-state index in [9.17, 15) is 4.79 Å². The standard InChI is InChI=1S/C28H32N2O/c1-22-12-11-13-23(2)28(22)29-27(31)21-30(20-24-14-5-3-6-15-24)19-10-9-18-26(30)25-16-7-4-8-17-25/h3-8,11-17,26H,9-10,18-21H2,1-2H3/p+1. The highest BCUT2D eigenvalue weighted by molar-refractivity contribution is 5.93. The maximum atomic E-state index is 13.4. The number of amides is 1. The van der Waals surface area contributed by atoms with E-state index in [2.05, 4.69) is 92.0 Å². The second-order valence-corrected chi connectivity index (χ2v) is 8.98. The molecule has 1 amide bonds. The molecule has 31 heavy (non-hydrogen) atoms. The summed E-state index contributed by atoms with van der Waals surface area (Å²) in [4.78, 5) is 13.4. The van der Waals surface area contributed by atoms with Crippen LogP contribution in [-0.4, -0.2) is 23.5 Å². The zero-order chi connectivity index (χ0) is 21.7. The van der Waals surface area contributed by atoms with Gasteiger partial charge < -0.3 is 9.80 Å². The van der Waals surface area contributed by atoms with E-state index >= 15 is 0 Å². The van der Waals surface area contributed by atoms with Gasteiger partial charge in [0.05, 0.1) is 6.54 Å². The first-order chi connectivity index (χ1) is 15.1. The average molecular weight is 414 g/mol. The van der Waals surface area contributed by atoms with E-state index in [4.69, 9.17) is 0 Å². The van der Waals surface area contributed by atoms with Gasteiger partial charge in [0.2, 0.25) is 0 Å². The molecule has 3 nitrogen and oxygen atoms in total. The van der Waals surface area contributed by atoms with Gasteiger partial charge >= 0.3 is 0 Å². The molecule has 0 saturated carbocycles. The molecule has 3 heteroatoms. The summed E-state index contributed by atoms with van der Waals surface area (Å²) in [5.41, 5.74) is 5.82. The van der Waals surface area contributed by atoms with E-state index in [1.54, 1.807) is 0 Å². The number of carbonyl (C=O) groups excluding carboxylic acids is 1. The number of carbonyl (C=O) groups is 1. The van der Waals surface area contributed by atoms with E-state index in [1.165, 1.54) is 17.5 Å². The number of hydrogen-bond acceptors (Lipinski definition) is 1. The van der Waals surface area contributed by atoms with Crippen LogP contribution in [0.15, 0.2) is 78.9 Å². The fourth-order valence-electron chi connectivity index (χ4n) is 5.21. The molecule has 0 aliphatic carbocycles. The van der Waals surface area contributed by atoms with Gasteiger partial charge in [0, 0.05) is 23.2 Å². The van der Waals surface area contributed by atoms with Crippen LogP contribution in [0.4, 0.5) is 5.69 Å². The summed E-state index contributed by atoms with van der Waals surface area (Å²) in [6.07, 6.45) is 3.49. The van der Waals surface area contributed by atoms with Crippen LogP contribution < -0.4 is 5.32 Å². The number of rotatable bonds is 6. The molecule has 1 heterocycles. The first kappa shape index (κ1) is 21.3. The molecular formula is C28H33N2O+. The van der Waals surface area contributed by atoms with E-state index in [0.717, 1.165) is 47.2 Å². The predicted molar refractivity (Wildman–Crippen MR) is 128 cm³/mol. The monoisotopic (exact) mass is 413 g/mol. The minimum atomic E-state index is 0.108. The van der Waals surface area contributed by atoms with Gasteiger partial charge in [-0.1, -0.05) is 78.9 Å². The second kappa shape index (κ2) is 9.49. The summed E-state index contributed by atoms with van der Waals surface area (Å²) in [5, 5.41) is 3.25. The number of nitrogens with one attached hydrogen (secondary N) is 1. The molecule has 1 N–H and O–H groups in total. The lowest BCUT2D eigenvalue weighted by molar-refractivity contribution is -0.967. The summed E-state index contributed by atoms with van der Waals surface area (Å²) < 4.78 is 0.783. The largest absolute Gasteiger partial charge is 0.321 e. The van der Waals surface area contributed by atoms with Gasteiger partial charge in [0.25, 0.3) is 5.91 Å². The van der Waals surface area contributed by atoms with Crippen LogP contribution in [0.25, 0.3) is 0 Å². The Morgan fingerprint density at radius 2 is 1.52 bits per heavy atom. The molecule has 4 rings (SSSR count). The number of likely N-dealkylation sites (tertiary alicyclic amines) is 1. The van der Waals surface area contributed by atoms with Crippen LogP contribution in [0.5, 0.6) is 0 Å². The highest BCUT2D eigenvalue weighted by Gasteiger charge is 2.42. The van der Waals surface area contributed by atoms with E-state index in [0.29, 0.717) is 12.6 Å². The Balaban J connectivity index is 1.67. The van der Waals surface area contributed by atoms with Gasteiger partial charge in [-0.25, -0.2) is 0 Å². The number of anilines is 1. The Morgan fingerprint density at radius 1 is 0.871 bits per heavy atom. The quantitative estimate of drug-likeness (QED) is 0.480. The summed E-state index contributed by atoms with van der Waals surface area (Å²) in [5.74, 6) is 0.108. The molecule has 1 aliphatic heterocycles. The van der Waals surface area contributed by atoms with Crippen molar-refractivity contribution in [2.24, 2.45) is 0 Å². The van der Waals surface area contributed by atoms with Crippen molar-refractivity contribution < 1.29 is 9.28 Å². The number of benzene rings is 3. The van der Waals surface area contributed by atoms with Gasteiger partial charge in [-0.3, -0.25) is 4.79 Å². The molecule has 1 aliphatic rings. The number of para-hydroxylation sites is 1. The number of hydrogen-bond donors (Lipinski definition) is 1. The van der Waals surface area contributed by atoms with Crippen molar-refractivity contribution in [1.29, 1.82) is 0 Å². The van der Waals surface area contributed by atoms with E-state index in [1.807, 2.05) is 6.07 Å². The number of aryl methyl sites for hydroxylation is 2. The highest BCUT2D eigenvalue weighted by atomic mass is 16.2. The first-order valence-corrected chi connectivity index (χ1v) is 11.4.